The maximum Gasteiger partial charge on any atom is 0.270 e. The number of amides is 1. The third-order valence-electron chi connectivity index (χ3n) is 3.29. The number of rotatable bonds is 2. The molecule has 0 unspecified atom stereocenters. The minimum Gasteiger partial charge on any atom is -0.347 e. The van der Waals surface area contributed by atoms with Gasteiger partial charge in [0, 0.05) is 19.6 Å². The van der Waals surface area contributed by atoms with E-state index in [0.717, 1.165) is 31.6 Å². The number of carbonyl (C=O) groups is 1. The van der Waals surface area contributed by atoms with Crippen LogP contribution in [0.2, 0.25) is 0 Å². The van der Waals surface area contributed by atoms with E-state index in [9.17, 15) is 4.79 Å². The van der Waals surface area contributed by atoms with Crippen LogP contribution in [-0.4, -0.2) is 46.5 Å². The predicted octanol–water partition coefficient (Wildman–Crippen LogP) is 0.553. The van der Waals surface area contributed by atoms with E-state index >= 15 is 0 Å². The molecule has 1 aliphatic rings. The van der Waals surface area contributed by atoms with E-state index in [2.05, 4.69) is 22.2 Å². The van der Waals surface area contributed by atoms with Gasteiger partial charge in [-0.3, -0.25) is 4.79 Å². The number of piperidine rings is 1. The van der Waals surface area contributed by atoms with Crippen LogP contribution < -0.4 is 5.32 Å². The molecule has 17 heavy (non-hydrogen) atoms. The fourth-order valence-electron chi connectivity index (χ4n) is 2.41. The van der Waals surface area contributed by atoms with Gasteiger partial charge < -0.3 is 14.8 Å². The van der Waals surface area contributed by atoms with Gasteiger partial charge in [-0.15, -0.1) is 0 Å². The summed E-state index contributed by atoms with van der Waals surface area (Å²) in [5.74, 6) is -0.0113. The molecule has 0 bridgehead atoms. The highest BCUT2D eigenvalue weighted by atomic mass is 16.2. The summed E-state index contributed by atoms with van der Waals surface area (Å²) in [4.78, 5) is 18.5. The van der Waals surface area contributed by atoms with Crippen LogP contribution in [0.4, 0.5) is 0 Å². The number of likely N-dealkylation sites (N-methyl/N-ethyl adjacent to an activating group) is 1. The molecule has 94 valence electrons. The summed E-state index contributed by atoms with van der Waals surface area (Å²) in [6.07, 6.45) is 3.88. The van der Waals surface area contributed by atoms with E-state index in [4.69, 9.17) is 0 Å². The first kappa shape index (κ1) is 12.1. The molecule has 1 saturated heterocycles. The molecule has 2 rings (SSSR count). The Morgan fingerprint density at radius 2 is 2.29 bits per heavy atom. The Kier molecular flexibility index (Phi) is 3.47. The van der Waals surface area contributed by atoms with Crippen molar-refractivity contribution in [3.63, 3.8) is 0 Å². The van der Waals surface area contributed by atoms with Crippen molar-refractivity contribution in [3.8, 4) is 0 Å². The summed E-state index contributed by atoms with van der Waals surface area (Å²) in [7, 11) is 3.94. The van der Waals surface area contributed by atoms with Crippen molar-refractivity contribution < 1.29 is 4.79 Å². The molecule has 5 heteroatoms. The lowest BCUT2D eigenvalue weighted by atomic mass is 10.1. The zero-order valence-electron chi connectivity index (χ0n) is 10.7. The smallest absolute Gasteiger partial charge is 0.270 e. The van der Waals surface area contributed by atoms with Crippen molar-refractivity contribution in [1.29, 1.82) is 0 Å². The summed E-state index contributed by atoms with van der Waals surface area (Å²) < 4.78 is 1.78. The molecule has 5 nitrogen and oxygen atoms in total. The average Bonchev–Trinajstić information content (AvgIpc) is 2.58. The molecule has 1 aliphatic heterocycles. The summed E-state index contributed by atoms with van der Waals surface area (Å²) in [6, 6.07) is 0.260. The summed E-state index contributed by atoms with van der Waals surface area (Å²) in [5, 5.41) is 3.09. The largest absolute Gasteiger partial charge is 0.347 e. The number of likely N-dealkylation sites (tertiary alicyclic amines) is 1. The van der Waals surface area contributed by atoms with Gasteiger partial charge >= 0.3 is 0 Å². The first-order valence-corrected chi connectivity index (χ1v) is 6.05. The number of imidazole rings is 1. The third kappa shape index (κ3) is 2.66. The number of hydrogen-bond donors (Lipinski definition) is 1. The van der Waals surface area contributed by atoms with E-state index in [1.54, 1.807) is 10.9 Å². The van der Waals surface area contributed by atoms with Crippen molar-refractivity contribution in [2.75, 3.05) is 20.1 Å². The molecule has 1 fully saturated rings. The fourth-order valence-corrected chi connectivity index (χ4v) is 2.41. The lowest BCUT2D eigenvalue weighted by molar-refractivity contribution is 0.0903. The Hall–Kier alpha value is -1.36. The van der Waals surface area contributed by atoms with Gasteiger partial charge in [-0.05, 0) is 33.4 Å². The molecule has 0 aromatic carbocycles. The van der Waals surface area contributed by atoms with Crippen LogP contribution in [-0.2, 0) is 7.05 Å². The van der Waals surface area contributed by atoms with Gasteiger partial charge in [0.05, 0.1) is 12.0 Å². The Morgan fingerprint density at radius 3 is 2.88 bits per heavy atom. The standard InChI is InChI=1S/C12H20N4O/c1-9-11(16(3)8-13-9)12(17)14-10-5-4-6-15(2)7-10/h8,10H,4-7H2,1-3H3,(H,14,17)/t10-/m1/s1. The van der Waals surface area contributed by atoms with Crippen molar-refractivity contribution in [2.24, 2.45) is 7.05 Å². The van der Waals surface area contributed by atoms with Crippen LogP contribution in [0.5, 0.6) is 0 Å². The van der Waals surface area contributed by atoms with Crippen molar-refractivity contribution in [1.82, 2.24) is 19.8 Å². The summed E-state index contributed by atoms with van der Waals surface area (Å²) in [6.45, 7) is 3.92. The van der Waals surface area contributed by atoms with Crippen molar-refractivity contribution >= 4 is 5.91 Å². The van der Waals surface area contributed by atoms with Gasteiger partial charge in [-0.25, -0.2) is 4.98 Å². The van der Waals surface area contributed by atoms with Crippen LogP contribution in [0.1, 0.15) is 29.0 Å². The fraction of sp³-hybridized carbons (Fsp3) is 0.667. The molecule has 1 atom stereocenters. The Balaban J connectivity index is 2.02. The van der Waals surface area contributed by atoms with E-state index in [-0.39, 0.29) is 11.9 Å². The van der Waals surface area contributed by atoms with E-state index < -0.39 is 0 Å². The highest BCUT2D eigenvalue weighted by Gasteiger charge is 2.21. The maximum absolute atomic E-state index is 12.1. The zero-order valence-corrected chi connectivity index (χ0v) is 10.7. The SMILES string of the molecule is Cc1ncn(C)c1C(=O)N[C@@H]1CCCN(C)C1. The van der Waals surface area contributed by atoms with Crippen LogP contribution in [0.15, 0.2) is 6.33 Å². The minimum absolute atomic E-state index is 0.0113. The minimum atomic E-state index is -0.0113. The van der Waals surface area contributed by atoms with Crippen LogP contribution in [0, 0.1) is 6.92 Å². The molecule has 0 aliphatic carbocycles. The number of aryl methyl sites for hydroxylation is 2. The lowest BCUT2D eigenvalue weighted by Crippen LogP contribution is -2.46. The van der Waals surface area contributed by atoms with Gasteiger partial charge in [0.1, 0.15) is 5.69 Å². The second-order valence-corrected chi connectivity index (χ2v) is 4.86. The monoisotopic (exact) mass is 236 g/mol. The summed E-state index contributed by atoms with van der Waals surface area (Å²) >= 11 is 0. The Labute approximate surface area is 102 Å². The third-order valence-corrected chi connectivity index (χ3v) is 3.29. The maximum atomic E-state index is 12.1. The molecule has 2 heterocycles. The van der Waals surface area contributed by atoms with Gasteiger partial charge in [0.15, 0.2) is 0 Å². The van der Waals surface area contributed by atoms with Gasteiger partial charge in [-0.1, -0.05) is 0 Å². The highest BCUT2D eigenvalue weighted by molar-refractivity contribution is 5.93. The van der Waals surface area contributed by atoms with Crippen molar-refractivity contribution in [3.05, 3.63) is 17.7 Å². The predicted molar refractivity (Wildman–Crippen MR) is 65.9 cm³/mol. The first-order chi connectivity index (χ1) is 8.08. The zero-order chi connectivity index (χ0) is 12.4. The Bertz CT molecular complexity index is 393. The van der Waals surface area contributed by atoms with Crippen LogP contribution >= 0.6 is 0 Å². The number of aromatic nitrogens is 2. The molecule has 0 saturated carbocycles. The number of carbonyl (C=O) groups excluding carboxylic acids is 1. The molecule has 0 radical (unpaired) electrons. The summed E-state index contributed by atoms with van der Waals surface area (Å²) in [5.41, 5.74) is 1.45. The van der Waals surface area contributed by atoms with Gasteiger partial charge in [0.25, 0.3) is 5.91 Å². The van der Waals surface area contributed by atoms with E-state index in [0.29, 0.717) is 5.69 Å². The number of hydrogen-bond acceptors (Lipinski definition) is 3. The van der Waals surface area contributed by atoms with Gasteiger partial charge in [-0.2, -0.15) is 0 Å². The molecular weight excluding hydrogens is 216 g/mol. The van der Waals surface area contributed by atoms with Crippen LogP contribution in [0.3, 0.4) is 0 Å². The van der Waals surface area contributed by atoms with E-state index in [1.807, 2.05) is 14.0 Å². The second kappa shape index (κ2) is 4.87. The molecule has 0 spiro atoms. The number of nitrogens with one attached hydrogen (secondary N) is 1. The topological polar surface area (TPSA) is 50.2 Å². The molecule has 1 aromatic heterocycles. The van der Waals surface area contributed by atoms with Crippen LogP contribution in [0.25, 0.3) is 0 Å². The first-order valence-electron chi connectivity index (χ1n) is 6.05. The molecule has 1 amide bonds. The van der Waals surface area contributed by atoms with E-state index in [1.165, 1.54) is 0 Å². The second-order valence-electron chi connectivity index (χ2n) is 4.86. The number of nitrogens with zero attached hydrogens (tertiary/aromatic N) is 3. The Morgan fingerprint density at radius 1 is 1.53 bits per heavy atom. The highest BCUT2D eigenvalue weighted by Crippen LogP contribution is 2.10. The molecule has 1 N–H and O–H groups in total. The molecule has 1 aromatic rings. The normalized spacial score (nSPS) is 21.5. The lowest BCUT2D eigenvalue weighted by Gasteiger charge is -2.30. The molecular formula is C12H20N4O. The van der Waals surface area contributed by atoms with Crippen molar-refractivity contribution in [2.45, 2.75) is 25.8 Å². The average molecular weight is 236 g/mol. The van der Waals surface area contributed by atoms with Gasteiger partial charge in [0.2, 0.25) is 0 Å². The quantitative estimate of drug-likeness (QED) is 0.816.